The Bertz CT molecular complexity index is 256. The van der Waals surface area contributed by atoms with Crippen LogP contribution in [0.5, 0.6) is 0 Å². The molecule has 0 fully saturated rings. The maximum Gasteiger partial charge on any atom is 0.311 e. The van der Waals surface area contributed by atoms with Gasteiger partial charge in [-0.25, -0.2) is 8.78 Å². The molecule has 0 aliphatic heterocycles. The van der Waals surface area contributed by atoms with E-state index in [-0.39, 0.29) is 5.56 Å². The van der Waals surface area contributed by atoms with Gasteiger partial charge in [-0.3, -0.25) is 0 Å². The molecule has 0 heterocycles. The molecule has 0 spiro atoms. The zero-order valence-electron chi connectivity index (χ0n) is 6.68. The van der Waals surface area contributed by atoms with Gasteiger partial charge in [0.2, 0.25) is 0 Å². The van der Waals surface area contributed by atoms with E-state index in [0.717, 1.165) is 0 Å². The van der Waals surface area contributed by atoms with Crippen molar-refractivity contribution in [1.29, 1.82) is 0 Å². The van der Waals surface area contributed by atoms with E-state index in [1.54, 1.807) is 6.07 Å². The summed E-state index contributed by atoms with van der Waals surface area (Å²) in [5.41, 5.74) is 0.216. The Labute approximate surface area is 73.2 Å². The number of benzene rings is 1. The molecule has 1 rings (SSSR count). The first kappa shape index (κ1) is 10.0. The van der Waals surface area contributed by atoms with Gasteiger partial charge >= 0.3 is 12.3 Å². The van der Waals surface area contributed by atoms with Crippen LogP contribution >= 0.6 is 0 Å². The van der Waals surface area contributed by atoms with Crippen LogP contribution in [-0.4, -0.2) is 12.3 Å². The standard InChI is InChI=1S/C9H8F4/c10-8(11)9(12,13)6-7-4-2-1-3-5-7/h1-5,8H,6H2. The number of hydrogen-bond donors (Lipinski definition) is 0. The summed E-state index contributed by atoms with van der Waals surface area (Å²) in [5, 5.41) is 0. The van der Waals surface area contributed by atoms with Crippen molar-refractivity contribution < 1.29 is 17.6 Å². The number of halogens is 4. The van der Waals surface area contributed by atoms with Crippen LogP contribution in [0.15, 0.2) is 30.3 Å². The summed E-state index contributed by atoms with van der Waals surface area (Å²) in [4.78, 5) is 0. The van der Waals surface area contributed by atoms with Crippen molar-refractivity contribution in [3.8, 4) is 0 Å². The lowest BCUT2D eigenvalue weighted by atomic mass is 10.1. The average molecular weight is 192 g/mol. The molecule has 4 heteroatoms. The van der Waals surface area contributed by atoms with Crippen LogP contribution in [-0.2, 0) is 6.42 Å². The van der Waals surface area contributed by atoms with Gasteiger partial charge in [-0.05, 0) is 5.56 Å². The lowest BCUT2D eigenvalue weighted by Gasteiger charge is -2.14. The Morgan fingerprint density at radius 2 is 1.62 bits per heavy atom. The van der Waals surface area contributed by atoms with Gasteiger partial charge < -0.3 is 0 Å². The highest BCUT2D eigenvalue weighted by Gasteiger charge is 2.40. The minimum absolute atomic E-state index is 0.216. The van der Waals surface area contributed by atoms with Gasteiger partial charge in [0.25, 0.3) is 0 Å². The van der Waals surface area contributed by atoms with Gasteiger partial charge in [0, 0.05) is 6.42 Å². The third-order valence-corrected chi connectivity index (χ3v) is 1.60. The molecule has 0 atom stereocenters. The topological polar surface area (TPSA) is 0 Å². The maximum absolute atomic E-state index is 12.5. The minimum Gasteiger partial charge on any atom is -0.204 e. The Balaban J connectivity index is 2.69. The van der Waals surface area contributed by atoms with E-state index in [0.29, 0.717) is 0 Å². The van der Waals surface area contributed by atoms with Crippen molar-refractivity contribution in [2.24, 2.45) is 0 Å². The molecule has 72 valence electrons. The summed E-state index contributed by atoms with van der Waals surface area (Å²) < 4.78 is 48.5. The largest absolute Gasteiger partial charge is 0.311 e. The van der Waals surface area contributed by atoms with E-state index in [9.17, 15) is 17.6 Å². The highest BCUT2D eigenvalue weighted by Crippen LogP contribution is 2.26. The molecule has 0 saturated heterocycles. The van der Waals surface area contributed by atoms with E-state index < -0.39 is 18.8 Å². The predicted molar refractivity (Wildman–Crippen MR) is 41.1 cm³/mol. The zero-order chi connectivity index (χ0) is 9.90. The highest BCUT2D eigenvalue weighted by molar-refractivity contribution is 5.16. The molecule has 1 aromatic carbocycles. The van der Waals surface area contributed by atoms with Gasteiger partial charge in [-0.2, -0.15) is 8.78 Å². The normalized spacial score (nSPS) is 12.1. The summed E-state index contributed by atoms with van der Waals surface area (Å²) in [5.74, 6) is -3.93. The molecule has 0 radical (unpaired) electrons. The molecule has 1 aromatic rings. The summed E-state index contributed by atoms with van der Waals surface area (Å²) in [6.07, 6.45) is -4.52. The Morgan fingerprint density at radius 3 is 2.08 bits per heavy atom. The first-order valence-corrected chi connectivity index (χ1v) is 3.72. The molecular weight excluding hydrogens is 184 g/mol. The van der Waals surface area contributed by atoms with Crippen LogP contribution in [0.3, 0.4) is 0 Å². The average Bonchev–Trinajstić information content (AvgIpc) is 2.05. The van der Waals surface area contributed by atoms with Crippen molar-refractivity contribution in [2.75, 3.05) is 0 Å². The lowest BCUT2D eigenvalue weighted by Crippen LogP contribution is -2.28. The fourth-order valence-electron chi connectivity index (χ4n) is 0.945. The highest BCUT2D eigenvalue weighted by atomic mass is 19.3. The second-order valence-corrected chi connectivity index (χ2v) is 2.72. The molecule has 0 nitrogen and oxygen atoms in total. The molecule has 0 bridgehead atoms. The molecule has 0 N–H and O–H groups in total. The summed E-state index contributed by atoms with van der Waals surface area (Å²) in [7, 11) is 0. The molecule has 0 saturated carbocycles. The molecule has 0 aliphatic rings. The molecule has 0 amide bonds. The fourth-order valence-corrected chi connectivity index (χ4v) is 0.945. The molecule has 0 aromatic heterocycles. The number of alkyl halides is 4. The zero-order valence-corrected chi connectivity index (χ0v) is 6.68. The van der Waals surface area contributed by atoms with E-state index in [1.165, 1.54) is 24.3 Å². The lowest BCUT2D eigenvalue weighted by molar-refractivity contribution is -0.127. The summed E-state index contributed by atoms with van der Waals surface area (Å²) in [6, 6.07) is 7.52. The summed E-state index contributed by atoms with van der Waals surface area (Å²) >= 11 is 0. The van der Waals surface area contributed by atoms with E-state index in [2.05, 4.69) is 0 Å². The van der Waals surface area contributed by atoms with Crippen molar-refractivity contribution in [1.82, 2.24) is 0 Å². The first-order chi connectivity index (χ1) is 6.02. The Hall–Kier alpha value is -1.06. The van der Waals surface area contributed by atoms with Gasteiger partial charge in [-0.1, -0.05) is 30.3 Å². The summed E-state index contributed by atoms with van der Waals surface area (Å²) in [6.45, 7) is 0. The van der Waals surface area contributed by atoms with Gasteiger partial charge in [0.1, 0.15) is 0 Å². The quantitative estimate of drug-likeness (QED) is 0.645. The third-order valence-electron chi connectivity index (χ3n) is 1.60. The van der Waals surface area contributed by atoms with Crippen LogP contribution in [0.2, 0.25) is 0 Å². The third kappa shape index (κ3) is 2.72. The van der Waals surface area contributed by atoms with Crippen molar-refractivity contribution in [3.05, 3.63) is 35.9 Å². The second-order valence-electron chi connectivity index (χ2n) is 2.72. The maximum atomic E-state index is 12.5. The monoisotopic (exact) mass is 192 g/mol. The number of rotatable bonds is 3. The van der Waals surface area contributed by atoms with Crippen LogP contribution in [0.25, 0.3) is 0 Å². The first-order valence-electron chi connectivity index (χ1n) is 3.72. The smallest absolute Gasteiger partial charge is 0.204 e. The number of hydrogen-bond acceptors (Lipinski definition) is 0. The Kier molecular flexibility index (Phi) is 2.90. The molecule has 13 heavy (non-hydrogen) atoms. The Morgan fingerprint density at radius 1 is 1.08 bits per heavy atom. The molecule has 0 unspecified atom stereocenters. The second kappa shape index (κ2) is 3.77. The van der Waals surface area contributed by atoms with E-state index >= 15 is 0 Å². The minimum atomic E-state index is -3.93. The van der Waals surface area contributed by atoms with Crippen LogP contribution < -0.4 is 0 Å². The van der Waals surface area contributed by atoms with Crippen LogP contribution in [0.4, 0.5) is 17.6 Å². The van der Waals surface area contributed by atoms with Gasteiger partial charge in [0.15, 0.2) is 0 Å². The van der Waals surface area contributed by atoms with E-state index in [4.69, 9.17) is 0 Å². The molecular formula is C9H8F4. The molecule has 0 aliphatic carbocycles. The van der Waals surface area contributed by atoms with Crippen molar-refractivity contribution in [3.63, 3.8) is 0 Å². The van der Waals surface area contributed by atoms with Gasteiger partial charge in [-0.15, -0.1) is 0 Å². The fraction of sp³-hybridized carbons (Fsp3) is 0.333. The van der Waals surface area contributed by atoms with Gasteiger partial charge in [0.05, 0.1) is 0 Å². The van der Waals surface area contributed by atoms with E-state index in [1.807, 2.05) is 0 Å². The van der Waals surface area contributed by atoms with Crippen LogP contribution in [0, 0.1) is 0 Å². The predicted octanol–water partition coefficient (Wildman–Crippen LogP) is 3.13. The van der Waals surface area contributed by atoms with Crippen molar-refractivity contribution >= 4 is 0 Å². The SMILES string of the molecule is FC(F)C(F)(F)Cc1ccccc1. The van der Waals surface area contributed by atoms with Crippen molar-refractivity contribution in [2.45, 2.75) is 18.8 Å². The van der Waals surface area contributed by atoms with Crippen LogP contribution in [0.1, 0.15) is 5.56 Å².